The maximum atomic E-state index is 6.10. The average molecular weight is 617 g/mol. The number of nitrogens with zero attached hydrogens (tertiary/aromatic N) is 2. The van der Waals surface area contributed by atoms with Crippen molar-refractivity contribution in [2.45, 2.75) is 78.1 Å². The summed E-state index contributed by atoms with van der Waals surface area (Å²) in [5.74, 6) is 2.94. The Morgan fingerprint density at radius 2 is 0.848 bits per heavy atom. The molecule has 0 aliphatic heterocycles. The number of aromatic nitrogens is 2. The maximum absolute atomic E-state index is 6.10. The first-order chi connectivity index (χ1) is 22.7. The predicted molar refractivity (Wildman–Crippen MR) is 186 cm³/mol. The molecule has 238 valence electrons. The van der Waals surface area contributed by atoms with Crippen molar-refractivity contribution in [3.05, 3.63) is 84.9 Å². The van der Waals surface area contributed by atoms with Gasteiger partial charge in [-0.1, -0.05) is 77.3 Å². The van der Waals surface area contributed by atoms with Crippen LogP contribution in [-0.4, -0.2) is 23.2 Å². The third kappa shape index (κ3) is 7.97. The molecule has 0 saturated heterocycles. The van der Waals surface area contributed by atoms with Gasteiger partial charge >= 0.3 is 0 Å². The van der Waals surface area contributed by atoms with Crippen LogP contribution in [0.25, 0.3) is 56.2 Å². The number of hydrogen-bond donors (Lipinski definition) is 0. The highest BCUT2D eigenvalue weighted by Gasteiger charge is 2.13. The first-order valence-corrected chi connectivity index (χ1v) is 17.0. The van der Waals surface area contributed by atoms with E-state index in [1.54, 1.807) is 0 Å². The average Bonchev–Trinajstić information content (AvgIpc) is 3.72. The summed E-state index contributed by atoms with van der Waals surface area (Å²) < 4.78 is 24.1. The zero-order chi connectivity index (χ0) is 31.6. The van der Waals surface area contributed by atoms with Crippen LogP contribution in [-0.2, 0) is 0 Å². The van der Waals surface area contributed by atoms with Crippen LogP contribution in [0.3, 0.4) is 0 Å². The first kappa shape index (κ1) is 31.4. The number of hydrogen-bond acceptors (Lipinski definition) is 6. The fourth-order valence-corrected chi connectivity index (χ4v) is 5.64. The van der Waals surface area contributed by atoms with Crippen LogP contribution in [0.4, 0.5) is 0 Å². The molecule has 6 rings (SSSR count). The minimum absolute atomic E-state index is 0.596. The summed E-state index contributed by atoms with van der Waals surface area (Å²) in [6, 6.07) is 28.1. The van der Waals surface area contributed by atoms with Crippen LogP contribution in [0, 0.1) is 0 Å². The summed E-state index contributed by atoms with van der Waals surface area (Å²) in [6.07, 6.45) is 12.3. The standard InChI is InChI=1S/C40H44N2O4/c1-3-5-7-9-11-25-43-33-19-13-29(14-20-33)39-41-35-27-31(17-23-37(35)45-39)32-18-24-38-36(28-32)42-40(46-38)30-15-21-34(22-16-30)44-26-12-10-8-6-4-2/h13-24,27-28H,3-12,25-26H2,1-2H3. The van der Waals surface area contributed by atoms with E-state index in [-0.39, 0.29) is 0 Å². The van der Waals surface area contributed by atoms with E-state index < -0.39 is 0 Å². The highest BCUT2D eigenvalue weighted by atomic mass is 16.5. The summed E-state index contributed by atoms with van der Waals surface area (Å²) in [6.45, 7) is 5.96. The molecule has 6 nitrogen and oxygen atoms in total. The molecule has 2 aromatic heterocycles. The second-order valence-corrected chi connectivity index (χ2v) is 12.0. The molecule has 0 radical (unpaired) electrons. The van der Waals surface area contributed by atoms with Crippen LogP contribution >= 0.6 is 0 Å². The molecular formula is C40H44N2O4. The van der Waals surface area contributed by atoms with Gasteiger partial charge in [0.05, 0.1) is 13.2 Å². The Morgan fingerprint density at radius 3 is 1.26 bits per heavy atom. The number of ether oxygens (including phenoxy) is 2. The molecular weight excluding hydrogens is 572 g/mol. The summed E-state index contributed by atoms with van der Waals surface area (Å²) in [7, 11) is 0. The second kappa shape index (κ2) is 15.6. The molecule has 2 heterocycles. The molecule has 0 bridgehead atoms. The summed E-state index contributed by atoms with van der Waals surface area (Å²) in [4.78, 5) is 9.60. The molecule has 0 N–H and O–H groups in total. The molecule has 0 unspecified atom stereocenters. The van der Waals surface area contributed by atoms with Crippen LogP contribution in [0.1, 0.15) is 78.1 Å². The van der Waals surface area contributed by atoms with Crippen LogP contribution < -0.4 is 9.47 Å². The number of oxazole rings is 2. The van der Waals surface area contributed by atoms with Gasteiger partial charge in [0.1, 0.15) is 22.5 Å². The number of fused-ring (bicyclic) bond motifs is 2. The Kier molecular flexibility index (Phi) is 10.7. The van der Waals surface area contributed by atoms with E-state index in [2.05, 4.69) is 38.1 Å². The van der Waals surface area contributed by atoms with E-state index in [0.29, 0.717) is 11.8 Å². The molecule has 0 aliphatic rings. The first-order valence-electron chi connectivity index (χ1n) is 17.0. The third-order valence-corrected chi connectivity index (χ3v) is 8.34. The Bertz CT molecular complexity index is 1680. The van der Waals surface area contributed by atoms with Crippen molar-refractivity contribution in [3.63, 3.8) is 0 Å². The van der Waals surface area contributed by atoms with Gasteiger partial charge in [-0.15, -0.1) is 0 Å². The van der Waals surface area contributed by atoms with Gasteiger partial charge in [0.2, 0.25) is 11.8 Å². The Morgan fingerprint density at radius 1 is 0.457 bits per heavy atom. The van der Waals surface area contributed by atoms with Gasteiger partial charge < -0.3 is 18.3 Å². The van der Waals surface area contributed by atoms with E-state index in [1.807, 2.05) is 60.7 Å². The van der Waals surface area contributed by atoms with Crippen molar-refractivity contribution in [2.24, 2.45) is 0 Å². The van der Waals surface area contributed by atoms with E-state index in [4.69, 9.17) is 28.3 Å². The minimum atomic E-state index is 0.596. The molecule has 0 atom stereocenters. The van der Waals surface area contributed by atoms with Crippen molar-refractivity contribution < 1.29 is 18.3 Å². The fourth-order valence-electron chi connectivity index (χ4n) is 5.64. The minimum Gasteiger partial charge on any atom is -0.494 e. The summed E-state index contributed by atoms with van der Waals surface area (Å²) >= 11 is 0. The monoisotopic (exact) mass is 616 g/mol. The molecule has 6 aromatic rings. The molecule has 4 aromatic carbocycles. The number of benzene rings is 4. The van der Waals surface area contributed by atoms with Crippen molar-refractivity contribution in [2.75, 3.05) is 13.2 Å². The quantitative estimate of drug-likeness (QED) is 0.0950. The molecule has 0 spiro atoms. The lowest BCUT2D eigenvalue weighted by atomic mass is 10.0. The predicted octanol–water partition coefficient (Wildman–Crippen LogP) is 11.7. The van der Waals surface area contributed by atoms with Crippen LogP contribution in [0.5, 0.6) is 11.5 Å². The lowest BCUT2D eigenvalue weighted by Gasteiger charge is -2.06. The summed E-state index contributed by atoms with van der Waals surface area (Å²) in [5, 5.41) is 0. The van der Waals surface area contributed by atoms with Gasteiger partial charge in [-0.2, -0.15) is 0 Å². The van der Waals surface area contributed by atoms with Crippen LogP contribution in [0.2, 0.25) is 0 Å². The van der Waals surface area contributed by atoms with Gasteiger partial charge in [-0.3, -0.25) is 0 Å². The second-order valence-electron chi connectivity index (χ2n) is 12.0. The molecule has 0 amide bonds. The summed E-state index contributed by atoms with van der Waals surface area (Å²) in [5.41, 5.74) is 7.04. The topological polar surface area (TPSA) is 70.5 Å². The van der Waals surface area contributed by atoms with Crippen molar-refractivity contribution >= 4 is 22.2 Å². The largest absolute Gasteiger partial charge is 0.494 e. The Labute approximate surface area is 271 Å². The molecule has 46 heavy (non-hydrogen) atoms. The van der Waals surface area contributed by atoms with Gasteiger partial charge in [-0.25, -0.2) is 9.97 Å². The van der Waals surface area contributed by atoms with E-state index in [0.717, 1.165) is 82.0 Å². The number of unbranched alkanes of at least 4 members (excludes halogenated alkanes) is 8. The number of rotatable bonds is 17. The third-order valence-electron chi connectivity index (χ3n) is 8.34. The van der Waals surface area contributed by atoms with Gasteiger partial charge in [0.15, 0.2) is 11.2 Å². The highest BCUT2D eigenvalue weighted by Crippen LogP contribution is 2.32. The fraction of sp³-hybridized carbons (Fsp3) is 0.350. The lowest BCUT2D eigenvalue weighted by Crippen LogP contribution is -1.97. The van der Waals surface area contributed by atoms with Crippen molar-refractivity contribution in [1.82, 2.24) is 9.97 Å². The van der Waals surface area contributed by atoms with E-state index in [9.17, 15) is 0 Å². The van der Waals surface area contributed by atoms with Crippen molar-refractivity contribution in [3.8, 4) is 45.5 Å². The lowest BCUT2D eigenvalue weighted by molar-refractivity contribution is 0.304. The highest BCUT2D eigenvalue weighted by molar-refractivity contribution is 5.86. The van der Waals surface area contributed by atoms with E-state index >= 15 is 0 Å². The zero-order valence-electron chi connectivity index (χ0n) is 27.1. The van der Waals surface area contributed by atoms with Crippen molar-refractivity contribution in [1.29, 1.82) is 0 Å². The van der Waals surface area contributed by atoms with Crippen LogP contribution in [0.15, 0.2) is 93.8 Å². The smallest absolute Gasteiger partial charge is 0.227 e. The van der Waals surface area contributed by atoms with Gasteiger partial charge in [0, 0.05) is 11.1 Å². The molecule has 0 aliphatic carbocycles. The SMILES string of the molecule is CCCCCCCOc1ccc(-c2nc3cc(-c4ccc5oc(-c6ccc(OCCCCCCC)cc6)nc5c4)ccc3o2)cc1. The molecule has 0 fully saturated rings. The van der Waals surface area contributed by atoms with Gasteiger partial charge in [-0.05, 0) is 96.8 Å². The normalized spacial score (nSPS) is 11.4. The molecule has 6 heteroatoms. The maximum Gasteiger partial charge on any atom is 0.227 e. The Hall–Kier alpha value is -4.58. The van der Waals surface area contributed by atoms with Gasteiger partial charge in [0.25, 0.3) is 0 Å². The zero-order valence-corrected chi connectivity index (χ0v) is 27.1. The molecule has 0 saturated carbocycles. The Balaban J connectivity index is 1.09. The van der Waals surface area contributed by atoms with E-state index in [1.165, 1.54) is 51.4 Å².